The third-order valence-electron chi connectivity index (χ3n) is 2.67. The molecule has 4 nitrogen and oxygen atoms in total. The summed E-state index contributed by atoms with van der Waals surface area (Å²) in [5.74, 6) is 0.168. The summed E-state index contributed by atoms with van der Waals surface area (Å²) < 4.78 is 5.16. The first-order valence-corrected chi connectivity index (χ1v) is 6.47. The van der Waals surface area contributed by atoms with Gasteiger partial charge in [-0.25, -0.2) is 0 Å². The van der Waals surface area contributed by atoms with Gasteiger partial charge in [-0.3, -0.25) is 4.79 Å². The molecule has 0 saturated carbocycles. The molecular weight excluding hydrogens is 299 g/mol. The molecule has 3 N–H and O–H groups in total. The van der Waals surface area contributed by atoms with Gasteiger partial charge in [0.1, 0.15) is 5.75 Å². The Morgan fingerprint density at radius 3 is 2.60 bits per heavy atom. The van der Waals surface area contributed by atoms with E-state index in [0.29, 0.717) is 32.7 Å². The summed E-state index contributed by atoms with van der Waals surface area (Å²) >= 11 is 11.7. The summed E-state index contributed by atoms with van der Waals surface area (Å²) in [6.45, 7) is 0. The van der Waals surface area contributed by atoms with Crippen LogP contribution in [0.25, 0.3) is 0 Å². The number of anilines is 2. The Hall–Kier alpha value is -1.91. The average Bonchev–Trinajstić information content (AvgIpc) is 2.43. The first kappa shape index (κ1) is 14.5. The second kappa shape index (κ2) is 6.03. The Bertz CT molecular complexity index is 660. The number of amides is 1. The number of carbonyl (C=O) groups excluding carboxylic acids is 1. The third-order valence-corrected chi connectivity index (χ3v) is 3.25. The molecule has 0 aliphatic carbocycles. The van der Waals surface area contributed by atoms with Crippen molar-refractivity contribution in [2.75, 3.05) is 18.2 Å². The lowest BCUT2D eigenvalue weighted by molar-refractivity contribution is 0.102. The molecule has 0 spiro atoms. The zero-order chi connectivity index (χ0) is 14.7. The fourth-order valence-corrected chi connectivity index (χ4v) is 1.93. The minimum atomic E-state index is -0.311. The molecule has 0 aliphatic rings. The first-order chi connectivity index (χ1) is 9.51. The van der Waals surface area contributed by atoms with Crippen molar-refractivity contribution in [3.8, 4) is 5.75 Å². The van der Waals surface area contributed by atoms with E-state index in [2.05, 4.69) is 5.32 Å². The van der Waals surface area contributed by atoms with E-state index < -0.39 is 0 Å². The van der Waals surface area contributed by atoms with Crippen molar-refractivity contribution in [3.63, 3.8) is 0 Å². The molecule has 0 unspecified atom stereocenters. The number of halogens is 2. The van der Waals surface area contributed by atoms with Gasteiger partial charge in [0, 0.05) is 16.7 Å². The predicted molar refractivity (Wildman–Crippen MR) is 81.8 cm³/mol. The highest BCUT2D eigenvalue weighted by molar-refractivity contribution is 6.33. The third kappa shape index (κ3) is 3.15. The Balaban J connectivity index is 2.25. The van der Waals surface area contributed by atoms with Crippen LogP contribution in [0.2, 0.25) is 10.0 Å². The van der Waals surface area contributed by atoms with E-state index in [9.17, 15) is 4.79 Å². The van der Waals surface area contributed by atoms with Crippen molar-refractivity contribution in [2.24, 2.45) is 0 Å². The van der Waals surface area contributed by atoms with Crippen LogP contribution in [0.15, 0.2) is 36.4 Å². The van der Waals surface area contributed by atoms with E-state index in [1.807, 2.05) is 0 Å². The molecular formula is C14H12Cl2N2O2. The molecule has 2 rings (SSSR count). The quantitative estimate of drug-likeness (QED) is 0.847. The van der Waals surface area contributed by atoms with Gasteiger partial charge in [-0.2, -0.15) is 0 Å². The van der Waals surface area contributed by atoms with Crippen molar-refractivity contribution in [1.29, 1.82) is 0 Å². The molecule has 0 fully saturated rings. The summed E-state index contributed by atoms with van der Waals surface area (Å²) in [4.78, 5) is 12.1. The summed E-state index contributed by atoms with van der Waals surface area (Å²) in [6, 6.07) is 9.63. The topological polar surface area (TPSA) is 64.3 Å². The monoisotopic (exact) mass is 310 g/mol. The molecule has 0 radical (unpaired) electrons. The Morgan fingerprint density at radius 2 is 1.95 bits per heavy atom. The number of carbonyl (C=O) groups is 1. The molecule has 0 atom stereocenters. The molecule has 2 aromatic carbocycles. The summed E-state index contributed by atoms with van der Waals surface area (Å²) in [5.41, 5.74) is 6.95. The molecule has 0 aromatic heterocycles. The summed E-state index contributed by atoms with van der Waals surface area (Å²) in [5, 5.41) is 3.66. The van der Waals surface area contributed by atoms with E-state index in [4.69, 9.17) is 33.7 Å². The number of hydrogen-bond donors (Lipinski definition) is 2. The fourth-order valence-electron chi connectivity index (χ4n) is 1.65. The maximum absolute atomic E-state index is 12.1. The van der Waals surface area contributed by atoms with Crippen LogP contribution in [0.5, 0.6) is 5.75 Å². The Morgan fingerprint density at radius 1 is 1.20 bits per heavy atom. The number of rotatable bonds is 3. The maximum atomic E-state index is 12.1. The van der Waals surface area contributed by atoms with Crippen LogP contribution < -0.4 is 15.8 Å². The van der Waals surface area contributed by atoms with E-state index in [1.54, 1.807) is 30.3 Å². The van der Waals surface area contributed by atoms with Gasteiger partial charge in [0.2, 0.25) is 0 Å². The van der Waals surface area contributed by atoms with Crippen molar-refractivity contribution in [1.82, 2.24) is 0 Å². The van der Waals surface area contributed by atoms with Crippen LogP contribution in [0.1, 0.15) is 10.4 Å². The molecule has 0 bridgehead atoms. The Kier molecular flexibility index (Phi) is 4.37. The molecule has 6 heteroatoms. The summed E-state index contributed by atoms with van der Waals surface area (Å²) in [6.07, 6.45) is 0. The minimum Gasteiger partial charge on any atom is -0.495 e. The summed E-state index contributed by atoms with van der Waals surface area (Å²) in [7, 11) is 1.50. The minimum absolute atomic E-state index is 0.311. The van der Waals surface area contributed by atoms with Gasteiger partial charge < -0.3 is 15.8 Å². The van der Waals surface area contributed by atoms with E-state index in [1.165, 1.54) is 13.2 Å². The first-order valence-electron chi connectivity index (χ1n) is 5.71. The van der Waals surface area contributed by atoms with Crippen molar-refractivity contribution < 1.29 is 9.53 Å². The highest BCUT2D eigenvalue weighted by atomic mass is 35.5. The average molecular weight is 311 g/mol. The number of benzene rings is 2. The molecule has 0 aliphatic heterocycles. The molecule has 0 heterocycles. The predicted octanol–water partition coefficient (Wildman–Crippen LogP) is 3.84. The molecule has 0 saturated heterocycles. The van der Waals surface area contributed by atoms with Crippen LogP contribution >= 0.6 is 23.2 Å². The van der Waals surface area contributed by atoms with Crippen LogP contribution in [-0.2, 0) is 0 Å². The fraction of sp³-hybridized carbons (Fsp3) is 0.0714. The lowest BCUT2D eigenvalue weighted by Crippen LogP contribution is -2.13. The van der Waals surface area contributed by atoms with Crippen LogP contribution in [0.3, 0.4) is 0 Å². The van der Waals surface area contributed by atoms with E-state index in [0.717, 1.165) is 0 Å². The van der Waals surface area contributed by atoms with Gasteiger partial charge in [-0.1, -0.05) is 23.2 Å². The zero-order valence-corrected chi connectivity index (χ0v) is 12.1. The number of nitrogens with one attached hydrogen (secondary N) is 1. The van der Waals surface area contributed by atoms with Crippen molar-refractivity contribution in [3.05, 3.63) is 52.0 Å². The SMILES string of the molecule is COc1cc(Cl)ccc1NC(=O)c1ccc(Cl)c(N)c1. The van der Waals surface area contributed by atoms with Gasteiger partial charge in [0.05, 0.1) is 23.5 Å². The van der Waals surface area contributed by atoms with Gasteiger partial charge in [0.25, 0.3) is 5.91 Å². The smallest absolute Gasteiger partial charge is 0.255 e. The molecule has 1 amide bonds. The van der Waals surface area contributed by atoms with Crippen LogP contribution in [-0.4, -0.2) is 13.0 Å². The Labute approximate surface area is 126 Å². The highest BCUT2D eigenvalue weighted by Crippen LogP contribution is 2.28. The number of methoxy groups -OCH3 is 1. The van der Waals surface area contributed by atoms with Gasteiger partial charge >= 0.3 is 0 Å². The second-order valence-electron chi connectivity index (χ2n) is 4.04. The molecule has 20 heavy (non-hydrogen) atoms. The number of nitrogen functional groups attached to an aromatic ring is 1. The van der Waals surface area contributed by atoms with Gasteiger partial charge in [-0.05, 0) is 30.3 Å². The van der Waals surface area contributed by atoms with Crippen LogP contribution in [0.4, 0.5) is 11.4 Å². The maximum Gasteiger partial charge on any atom is 0.255 e. The number of nitrogens with two attached hydrogens (primary N) is 1. The lowest BCUT2D eigenvalue weighted by Gasteiger charge is -2.11. The largest absolute Gasteiger partial charge is 0.495 e. The molecule has 104 valence electrons. The lowest BCUT2D eigenvalue weighted by atomic mass is 10.2. The number of ether oxygens (including phenoxy) is 1. The van der Waals surface area contributed by atoms with E-state index in [-0.39, 0.29) is 5.91 Å². The normalized spacial score (nSPS) is 10.2. The van der Waals surface area contributed by atoms with Gasteiger partial charge in [0.15, 0.2) is 0 Å². The molecule has 2 aromatic rings. The van der Waals surface area contributed by atoms with Gasteiger partial charge in [-0.15, -0.1) is 0 Å². The standard InChI is InChI=1S/C14H12Cl2N2O2/c1-20-13-7-9(15)3-5-12(13)18-14(19)8-2-4-10(16)11(17)6-8/h2-7H,17H2,1H3,(H,18,19). The van der Waals surface area contributed by atoms with E-state index >= 15 is 0 Å². The number of hydrogen-bond acceptors (Lipinski definition) is 3. The second-order valence-corrected chi connectivity index (χ2v) is 4.88. The zero-order valence-electron chi connectivity index (χ0n) is 10.6. The van der Waals surface area contributed by atoms with Crippen LogP contribution in [0, 0.1) is 0 Å². The van der Waals surface area contributed by atoms with Crippen molar-refractivity contribution >= 4 is 40.5 Å². The highest BCUT2D eigenvalue weighted by Gasteiger charge is 2.11. The van der Waals surface area contributed by atoms with Crippen molar-refractivity contribution in [2.45, 2.75) is 0 Å².